The zero-order chi connectivity index (χ0) is 16.8. The van der Waals surface area contributed by atoms with Gasteiger partial charge in [-0.25, -0.2) is 4.79 Å². The van der Waals surface area contributed by atoms with Gasteiger partial charge < -0.3 is 10.2 Å². The van der Waals surface area contributed by atoms with Crippen molar-refractivity contribution in [3.8, 4) is 0 Å². The first-order valence-corrected chi connectivity index (χ1v) is 7.78. The van der Waals surface area contributed by atoms with Gasteiger partial charge in [0.25, 0.3) is 5.78 Å². The molecule has 0 bridgehead atoms. The molecule has 0 fully saturated rings. The van der Waals surface area contributed by atoms with Gasteiger partial charge in [0.15, 0.2) is 0 Å². The van der Waals surface area contributed by atoms with E-state index in [1.807, 2.05) is 26.0 Å². The van der Waals surface area contributed by atoms with Gasteiger partial charge in [0.05, 0.1) is 5.60 Å². The fourth-order valence-corrected chi connectivity index (χ4v) is 2.50. The SMILES string of the molecule is CC(CCCC(C)(C)O)CCc1ccccc1C(=O)C(=O)O. The molecule has 0 heterocycles. The summed E-state index contributed by atoms with van der Waals surface area (Å²) in [5.74, 6) is -1.79. The smallest absolute Gasteiger partial charge is 0.377 e. The van der Waals surface area contributed by atoms with Crippen LogP contribution >= 0.6 is 0 Å². The van der Waals surface area contributed by atoms with Gasteiger partial charge in [-0.2, -0.15) is 0 Å². The molecule has 0 aliphatic heterocycles. The van der Waals surface area contributed by atoms with Crippen molar-refractivity contribution in [3.63, 3.8) is 0 Å². The van der Waals surface area contributed by atoms with Crippen LogP contribution in [0.3, 0.4) is 0 Å². The summed E-state index contributed by atoms with van der Waals surface area (Å²) in [6.07, 6.45) is 4.33. The second-order valence-electron chi connectivity index (χ2n) is 6.64. The molecular weight excluding hydrogens is 280 g/mol. The molecule has 0 aliphatic carbocycles. The van der Waals surface area contributed by atoms with E-state index in [0.717, 1.165) is 31.2 Å². The average Bonchev–Trinajstić information content (AvgIpc) is 2.43. The summed E-state index contributed by atoms with van der Waals surface area (Å²) in [4.78, 5) is 22.5. The molecule has 1 aromatic rings. The number of Topliss-reactive ketones (excluding diaryl/α,β-unsaturated/α-hetero) is 1. The molecule has 0 saturated carbocycles. The Kier molecular flexibility index (Phi) is 6.75. The van der Waals surface area contributed by atoms with Gasteiger partial charge in [-0.15, -0.1) is 0 Å². The number of carbonyl (C=O) groups excluding carboxylic acids is 1. The lowest BCUT2D eigenvalue weighted by Crippen LogP contribution is -2.18. The molecular formula is C18H26O4. The van der Waals surface area contributed by atoms with Gasteiger partial charge in [0, 0.05) is 5.56 Å². The summed E-state index contributed by atoms with van der Waals surface area (Å²) in [5, 5.41) is 18.6. The molecule has 0 aliphatic rings. The Balaban J connectivity index is 2.54. The number of benzene rings is 1. The molecule has 4 heteroatoms. The number of aliphatic carboxylic acids is 1. The van der Waals surface area contributed by atoms with Gasteiger partial charge >= 0.3 is 5.97 Å². The van der Waals surface area contributed by atoms with Crippen LogP contribution in [0, 0.1) is 5.92 Å². The standard InChI is InChI=1S/C18H26O4/c1-13(7-6-12-18(2,3)22)10-11-14-8-4-5-9-15(14)16(19)17(20)21/h4-5,8-9,13,22H,6-7,10-12H2,1-3H3,(H,20,21). The first kappa shape index (κ1) is 18.4. The van der Waals surface area contributed by atoms with Crippen molar-refractivity contribution < 1.29 is 19.8 Å². The number of aryl methyl sites for hydroxylation is 1. The van der Waals surface area contributed by atoms with E-state index in [4.69, 9.17) is 5.11 Å². The maximum absolute atomic E-state index is 11.7. The molecule has 22 heavy (non-hydrogen) atoms. The lowest BCUT2D eigenvalue weighted by molar-refractivity contribution is -0.131. The zero-order valence-electron chi connectivity index (χ0n) is 13.6. The van der Waals surface area contributed by atoms with Gasteiger partial charge in [-0.1, -0.05) is 44.0 Å². The molecule has 122 valence electrons. The fraction of sp³-hybridized carbons (Fsp3) is 0.556. The van der Waals surface area contributed by atoms with E-state index in [1.165, 1.54) is 0 Å². The van der Waals surface area contributed by atoms with E-state index in [-0.39, 0.29) is 0 Å². The van der Waals surface area contributed by atoms with Crippen LogP contribution in [0.4, 0.5) is 0 Å². The van der Waals surface area contributed by atoms with Crippen molar-refractivity contribution in [3.05, 3.63) is 35.4 Å². The van der Waals surface area contributed by atoms with Crippen LogP contribution in [-0.4, -0.2) is 27.6 Å². The van der Waals surface area contributed by atoms with Crippen molar-refractivity contribution in [1.29, 1.82) is 0 Å². The topological polar surface area (TPSA) is 74.6 Å². The van der Waals surface area contributed by atoms with Crippen molar-refractivity contribution in [2.24, 2.45) is 5.92 Å². The maximum atomic E-state index is 11.7. The van der Waals surface area contributed by atoms with Crippen molar-refractivity contribution in [1.82, 2.24) is 0 Å². The predicted molar refractivity (Wildman–Crippen MR) is 86.0 cm³/mol. The molecule has 4 nitrogen and oxygen atoms in total. The second kappa shape index (κ2) is 8.08. The van der Waals surface area contributed by atoms with Gasteiger partial charge in [0.1, 0.15) is 0 Å². The summed E-state index contributed by atoms with van der Waals surface area (Å²) >= 11 is 0. The van der Waals surface area contributed by atoms with Crippen LogP contribution in [0.1, 0.15) is 62.4 Å². The molecule has 1 atom stereocenters. The van der Waals surface area contributed by atoms with Gasteiger partial charge in [-0.05, 0) is 44.6 Å². The Hall–Kier alpha value is -1.68. The van der Waals surface area contributed by atoms with E-state index < -0.39 is 17.4 Å². The largest absolute Gasteiger partial charge is 0.475 e. The van der Waals surface area contributed by atoms with Crippen LogP contribution in [0.15, 0.2) is 24.3 Å². The number of ketones is 1. The Labute approximate surface area is 132 Å². The summed E-state index contributed by atoms with van der Waals surface area (Å²) in [6, 6.07) is 6.91. The number of hydrogen-bond acceptors (Lipinski definition) is 3. The third-order valence-electron chi connectivity index (χ3n) is 3.85. The number of carboxylic acids is 1. The highest BCUT2D eigenvalue weighted by atomic mass is 16.4. The minimum absolute atomic E-state index is 0.290. The Morgan fingerprint density at radius 1 is 1.18 bits per heavy atom. The second-order valence-corrected chi connectivity index (χ2v) is 6.64. The Morgan fingerprint density at radius 2 is 1.82 bits per heavy atom. The van der Waals surface area contributed by atoms with Crippen LogP contribution in [0.2, 0.25) is 0 Å². The Bertz CT molecular complexity index is 514. The predicted octanol–water partition coefficient (Wildman–Crippen LogP) is 3.46. The van der Waals surface area contributed by atoms with E-state index in [2.05, 4.69) is 6.92 Å². The van der Waals surface area contributed by atoms with E-state index in [9.17, 15) is 14.7 Å². The number of carbonyl (C=O) groups is 2. The number of aliphatic hydroxyl groups is 1. The molecule has 0 spiro atoms. The van der Waals surface area contributed by atoms with Crippen LogP contribution in [0.25, 0.3) is 0 Å². The van der Waals surface area contributed by atoms with Crippen molar-refractivity contribution in [2.75, 3.05) is 0 Å². The highest BCUT2D eigenvalue weighted by Gasteiger charge is 2.18. The lowest BCUT2D eigenvalue weighted by Gasteiger charge is -2.18. The minimum Gasteiger partial charge on any atom is -0.475 e. The summed E-state index contributed by atoms with van der Waals surface area (Å²) in [6.45, 7) is 5.77. The number of rotatable bonds is 9. The monoisotopic (exact) mass is 306 g/mol. The van der Waals surface area contributed by atoms with Crippen molar-refractivity contribution >= 4 is 11.8 Å². The van der Waals surface area contributed by atoms with Gasteiger partial charge in [-0.3, -0.25) is 4.79 Å². The average molecular weight is 306 g/mol. The summed E-state index contributed by atoms with van der Waals surface area (Å²) < 4.78 is 0. The normalized spacial score (nSPS) is 12.9. The van der Waals surface area contributed by atoms with Crippen LogP contribution < -0.4 is 0 Å². The Morgan fingerprint density at radius 3 is 2.41 bits per heavy atom. The van der Waals surface area contributed by atoms with Crippen LogP contribution in [-0.2, 0) is 11.2 Å². The van der Waals surface area contributed by atoms with Crippen molar-refractivity contribution in [2.45, 2.75) is 58.5 Å². The minimum atomic E-state index is -1.41. The molecule has 0 aromatic heterocycles. The fourth-order valence-electron chi connectivity index (χ4n) is 2.50. The van der Waals surface area contributed by atoms with Gasteiger partial charge in [0.2, 0.25) is 0 Å². The molecule has 1 unspecified atom stereocenters. The number of carboxylic acid groups (broad SMARTS) is 1. The summed E-state index contributed by atoms with van der Waals surface area (Å²) in [5.41, 5.74) is 0.461. The third kappa shape index (κ3) is 6.39. The quantitative estimate of drug-likeness (QED) is 0.541. The highest BCUT2D eigenvalue weighted by Crippen LogP contribution is 2.20. The molecule has 1 aromatic carbocycles. The van der Waals surface area contributed by atoms with E-state index in [1.54, 1.807) is 12.1 Å². The molecule has 1 rings (SSSR count). The molecule has 0 saturated heterocycles. The van der Waals surface area contributed by atoms with E-state index >= 15 is 0 Å². The molecule has 2 N–H and O–H groups in total. The molecule has 0 radical (unpaired) electrons. The first-order chi connectivity index (χ1) is 10.2. The van der Waals surface area contributed by atoms with E-state index in [0.29, 0.717) is 17.9 Å². The summed E-state index contributed by atoms with van der Waals surface area (Å²) in [7, 11) is 0. The third-order valence-corrected chi connectivity index (χ3v) is 3.85. The highest BCUT2D eigenvalue weighted by molar-refractivity contribution is 6.40. The lowest BCUT2D eigenvalue weighted by atomic mass is 9.91. The number of hydrogen-bond donors (Lipinski definition) is 2. The molecule has 0 amide bonds. The first-order valence-electron chi connectivity index (χ1n) is 7.78. The zero-order valence-corrected chi connectivity index (χ0v) is 13.6. The maximum Gasteiger partial charge on any atom is 0.377 e. The van der Waals surface area contributed by atoms with Crippen LogP contribution in [0.5, 0.6) is 0 Å².